The standard InChI is InChI=1S/C30H28N2O5S/c1-15(14-33)9-10-16-5-4-7-18-20(13-31-24(16)18)26(34)29-27(35)23(28(38-29)30(36)37)22-19-6-2-3-8-21(19)32-25(22)17-11-12-17/h2-8,13,15,17,31-33,35H,9-12,14H2,1H3,(H,36,37). The van der Waals surface area contributed by atoms with Gasteiger partial charge in [0.25, 0.3) is 0 Å². The Morgan fingerprint density at radius 2 is 1.82 bits per heavy atom. The lowest BCUT2D eigenvalue weighted by Crippen LogP contribution is -2.02. The van der Waals surface area contributed by atoms with Crippen LogP contribution in [-0.2, 0) is 6.42 Å². The van der Waals surface area contributed by atoms with Gasteiger partial charge in [-0.1, -0.05) is 43.3 Å². The molecule has 1 saturated carbocycles. The summed E-state index contributed by atoms with van der Waals surface area (Å²) in [6.45, 7) is 2.11. The van der Waals surface area contributed by atoms with Crippen LogP contribution < -0.4 is 0 Å². The van der Waals surface area contributed by atoms with Crippen molar-refractivity contribution in [2.24, 2.45) is 5.92 Å². The minimum atomic E-state index is -1.18. The number of aromatic nitrogens is 2. The van der Waals surface area contributed by atoms with E-state index in [1.807, 2.05) is 49.4 Å². The fourth-order valence-electron chi connectivity index (χ4n) is 5.30. The molecule has 6 rings (SSSR count). The summed E-state index contributed by atoms with van der Waals surface area (Å²) >= 11 is 0.823. The molecule has 1 aliphatic carbocycles. The van der Waals surface area contributed by atoms with E-state index >= 15 is 0 Å². The number of thiophene rings is 1. The average molecular weight is 529 g/mol. The van der Waals surface area contributed by atoms with Crippen LogP contribution in [0.25, 0.3) is 32.9 Å². The number of aromatic carboxylic acids is 1. The highest BCUT2D eigenvalue weighted by Crippen LogP contribution is 2.52. The summed E-state index contributed by atoms with van der Waals surface area (Å²) in [5.41, 5.74) is 4.93. The van der Waals surface area contributed by atoms with Gasteiger partial charge in [-0.3, -0.25) is 4.79 Å². The monoisotopic (exact) mass is 528 g/mol. The number of rotatable bonds is 9. The van der Waals surface area contributed by atoms with Gasteiger partial charge in [-0.25, -0.2) is 4.79 Å². The molecule has 5 aromatic rings. The van der Waals surface area contributed by atoms with Gasteiger partial charge in [-0.15, -0.1) is 11.3 Å². The molecule has 0 spiro atoms. The van der Waals surface area contributed by atoms with Crippen LogP contribution in [0.1, 0.15) is 68.3 Å². The Hall–Kier alpha value is -3.88. The SMILES string of the molecule is CC(CO)CCc1cccc2c(C(=O)c3sc(C(=O)O)c(-c4c(C5CC5)[nH]c5ccccc45)c3O)c[nH]c12. The summed E-state index contributed by atoms with van der Waals surface area (Å²) in [5, 5.41) is 32.5. The highest BCUT2D eigenvalue weighted by atomic mass is 32.1. The summed E-state index contributed by atoms with van der Waals surface area (Å²) in [7, 11) is 0. The predicted octanol–water partition coefficient (Wildman–Crippen LogP) is 6.45. The quantitative estimate of drug-likeness (QED) is 0.141. The number of ketones is 1. The number of aromatic amines is 2. The largest absolute Gasteiger partial charge is 0.506 e. The van der Waals surface area contributed by atoms with Crippen LogP contribution in [0.4, 0.5) is 0 Å². The van der Waals surface area contributed by atoms with Crippen LogP contribution in [0.3, 0.4) is 0 Å². The number of carbonyl (C=O) groups is 2. The van der Waals surface area contributed by atoms with Gasteiger partial charge in [0.2, 0.25) is 5.78 Å². The van der Waals surface area contributed by atoms with Gasteiger partial charge in [0.15, 0.2) is 0 Å². The number of hydrogen-bond acceptors (Lipinski definition) is 5. The van der Waals surface area contributed by atoms with Crippen LogP contribution in [0.15, 0.2) is 48.7 Å². The van der Waals surface area contributed by atoms with Gasteiger partial charge < -0.3 is 25.3 Å². The zero-order valence-corrected chi connectivity index (χ0v) is 21.7. The lowest BCUT2D eigenvalue weighted by Gasteiger charge is -2.08. The molecule has 3 heterocycles. The van der Waals surface area contributed by atoms with Gasteiger partial charge >= 0.3 is 5.97 Å². The molecule has 1 aliphatic rings. The molecule has 0 amide bonds. The van der Waals surface area contributed by atoms with Crippen molar-refractivity contribution in [3.63, 3.8) is 0 Å². The van der Waals surface area contributed by atoms with E-state index in [2.05, 4.69) is 9.97 Å². The number of carboxylic acids is 1. The second kappa shape index (κ2) is 9.45. The molecule has 1 fully saturated rings. The summed E-state index contributed by atoms with van der Waals surface area (Å²) in [5.74, 6) is -1.43. The van der Waals surface area contributed by atoms with Crippen molar-refractivity contribution in [1.29, 1.82) is 0 Å². The summed E-state index contributed by atoms with van der Waals surface area (Å²) in [6.07, 6.45) is 5.17. The van der Waals surface area contributed by atoms with Crippen molar-refractivity contribution in [2.75, 3.05) is 6.61 Å². The van der Waals surface area contributed by atoms with E-state index in [1.165, 1.54) is 0 Å². The van der Waals surface area contributed by atoms with Crippen LogP contribution in [0, 0.1) is 5.92 Å². The Balaban J connectivity index is 1.47. The van der Waals surface area contributed by atoms with Gasteiger partial charge in [0, 0.05) is 51.4 Å². The Morgan fingerprint density at radius 1 is 1.05 bits per heavy atom. The molecular weight excluding hydrogens is 500 g/mol. The van der Waals surface area contributed by atoms with Crippen LogP contribution in [0.2, 0.25) is 0 Å². The molecule has 3 aromatic heterocycles. The van der Waals surface area contributed by atoms with E-state index in [0.29, 0.717) is 11.1 Å². The van der Waals surface area contributed by atoms with E-state index in [-0.39, 0.29) is 39.5 Å². The second-order valence-corrected chi connectivity index (χ2v) is 11.2. The zero-order valence-electron chi connectivity index (χ0n) is 20.9. The molecule has 1 atom stereocenters. The van der Waals surface area contributed by atoms with Crippen molar-refractivity contribution >= 4 is 44.9 Å². The molecule has 7 nitrogen and oxygen atoms in total. The smallest absolute Gasteiger partial charge is 0.346 e. The number of para-hydroxylation sites is 2. The highest BCUT2D eigenvalue weighted by Gasteiger charge is 2.35. The first kappa shape index (κ1) is 24.5. The topological polar surface area (TPSA) is 126 Å². The van der Waals surface area contributed by atoms with E-state index in [0.717, 1.165) is 70.1 Å². The maximum atomic E-state index is 13.8. The van der Waals surface area contributed by atoms with Gasteiger partial charge in [0.05, 0.1) is 5.56 Å². The van der Waals surface area contributed by atoms with Gasteiger partial charge in [0.1, 0.15) is 15.5 Å². The number of aryl methyl sites for hydroxylation is 1. The van der Waals surface area contributed by atoms with Crippen molar-refractivity contribution < 1.29 is 24.9 Å². The molecule has 38 heavy (non-hydrogen) atoms. The van der Waals surface area contributed by atoms with Crippen molar-refractivity contribution in [2.45, 2.75) is 38.5 Å². The van der Waals surface area contributed by atoms with Crippen molar-refractivity contribution in [3.8, 4) is 16.9 Å². The van der Waals surface area contributed by atoms with Crippen LogP contribution in [-0.4, -0.2) is 43.6 Å². The van der Waals surface area contributed by atoms with E-state index < -0.39 is 11.8 Å². The highest BCUT2D eigenvalue weighted by molar-refractivity contribution is 7.17. The number of aliphatic hydroxyl groups is 1. The Labute approximate surface area is 222 Å². The van der Waals surface area contributed by atoms with E-state index in [9.17, 15) is 24.9 Å². The van der Waals surface area contributed by atoms with Gasteiger partial charge in [-0.05, 0) is 49.1 Å². The summed E-state index contributed by atoms with van der Waals surface area (Å²) < 4.78 is 0. The van der Waals surface area contributed by atoms with E-state index in [1.54, 1.807) is 6.20 Å². The number of fused-ring (bicyclic) bond motifs is 2. The third-order valence-corrected chi connectivity index (χ3v) is 8.68. The molecular formula is C30H28N2O5S. The van der Waals surface area contributed by atoms with Crippen molar-refractivity contribution in [1.82, 2.24) is 9.97 Å². The third-order valence-electron chi connectivity index (χ3n) is 7.52. The molecule has 0 radical (unpaired) electrons. The fraction of sp³-hybridized carbons (Fsp3) is 0.267. The molecule has 8 heteroatoms. The Kier molecular flexibility index (Phi) is 6.08. The number of carboxylic acid groups (broad SMARTS) is 1. The van der Waals surface area contributed by atoms with E-state index in [4.69, 9.17) is 0 Å². The lowest BCUT2D eigenvalue weighted by atomic mass is 9.97. The first-order valence-electron chi connectivity index (χ1n) is 12.8. The number of aromatic hydroxyl groups is 1. The lowest BCUT2D eigenvalue weighted by molar-refractivity contribution is 0.0702. The number of benzene rings is 2. The number of H-pyrrole nitrogens is 2. The maximum Gasteiger partial charge on any atom is 0.346 e. The van der Waals surface area contributed by atoms with Gasteiger partial charge in [-0.2, -0.15) is 0 Å². The Bertz CT molecular complexity index is 1700. The number of aliphatic hydroxyl groups excluding tert-OH is 1. The predicted molar refractivity (Wildman–Crippen MR) is 149 cm³/mol. The molecule has 194 valence electrons. The normalized spacial score (nSPS) is 14.4. The van der Waals surface area contributed by atoms with Crippen LogP contribution >= 0.6 is 11.3 Å². The van der Waals surface area contributed by atoms with Crippen LogP contribution in [0.5, 0.6) is 5.75 Å². The Morgan fingerprint density at radius 3 is 2.55 bits per heavy atom. The molecule has 1 unspecified atom stereocenters. The molecule has 0 bridgehead atoms. The molecule has 5 N–H and O–H groups in total. The average Bonchev–Trinajstić information content (AvgIpc) is 3.42. The number of hydrogen-bond donors (Lipinski definition) is 5. The molecule has 2 aromatic carbocycles. The zero-order chi connectivity index (χ0) is 26.6. The summed E-state index contributed by atoms with van der Waals surface area (Å²) in [4.78, 5) is 32.8. The third kappa shape index (κ3) is 4.01. The number of carbonyl (C=O) groups excluding carboxylic acids is 1. The first-order valence-corrected chi connectivity index (χ1v) is 13.6. The maximum absolute atomic E-state index is 13.8. The minimum Gasteiger partial charge on any atom is -0.506 e. The first-order chi connectivity index (χ1) is 18.4. The van der Waals surface area contributed by atoms with Crippen molar-refractivity contribution in [3.05, 3.63) is 75.2 Å². The summed E-state index contributed by atoms with van der Waals surface area (Å²) in [6, 6.07) is 13.4. The molecule has 0 aliphatic heterocycles. The molecule has 0 saturated heterocycles. The second-order valence-electron chi connectivity index (χ2n) is 10.2. The minimum absolute atomic E-state index is 0.0182. The number of nitrogens with one attached hydrogen (secondary N) is 2. The fourth-order valence-corrected chi connectivity index (χ4v) is 6.29.